The van der Waals surface area contributed by atoms with E-state index in [9.17, 15) is 0 Å². The molecule has 13 aromatic rings. The van der Waals surface area contributed by atoms with E-state index in [1.165, 1.54) is 54.5 Å². The van der Waals surface area contributed by atoms with Crippen molar-refractivity contribution in [2.45, 2.75) is 0 Å². The first-order valence-electron chi connectivity index (χ1n) is 21.2. The molecule has 0 fully saturated rings. The molecule has 4 heteroatoms. The van der Waals surface area contributed by atoms with Gasteiger partial charge in [0.15, 0.2) is 5.82 Å². The van der Waals surface area contributed by atoms with Crippen molar-refractivity contribution in [2.24, 2.45) is 0 Å². The van der Waals surface area contributed by atoms with Gasteiger partial charge < -0.3 is 9.13 Å². The molecular weight excluding hydrogens is 753 g/mol. The van der Waals surface area contributed by atoms with Gasteiger partial charge in [0.25, 0.3) is 0 Å². The van der Waals surface area contributed by atoms with Crippen LogP contribution in [-0.4, -0.2) is 19.1 Å². The Balaban J connectivity index is 0.976. The summed E-state index contributed by atoms with van der Waals surface area (Å²) in [5, 5.41) is 10.6. The summed E-state index contributed by atoms with van der Waals surface area (Å²) >= 11 is 0. The van der Waals surface area contributed by atoms with E-state index in [4.69, 9.17) is 9.97 Å². The quantitative estimate of drug-likeness (QED) is 0.163. The van der Waals surface area contributed by atoms with Crippen LogP contribution in [0, 0.1) is 0 Å². The third-order valence-corrected chi connectivity index (χ3v) is 12.7. The molecule has 0 saturated carbocycles. The molecule has 0 spiro atoms. The standard InChI is InChI=1S/C58H36N4/c1-2-18-42(19-3-1)61-52-26-10-8-23-46(52)50-35-39(29-32-54(50)61)40-30-33-55-51(36-40)47-24-9-11-27-53(47)62(55)43-20-12-17-41(34-43)58-59-56-45-22-7-5-15-38(45)28-31-49(56)57(60-58)48-25-13-16-37-14-4-6-21-44(37)48/h1-36H. The number of hydrogen-bond acceptors (Lipinski definition) is 2. The molecule has 0 N–H and O–H groups in total. The third-order valence-electron chi connectivity index (χ3n) is 12.7. The van der Waals surface area contributed by atoms with Crippen LogP contribution in [0.15, 0.2) is 218 Å². The Bertz CT molecular complexity index is 3920. The lowest BCUT2D eigenvalue weighted by atomic mass is 9.97. The van der Waals surface area contributed by atoms with Gasteiger partial charge >= 0.3 is 0 Å². The van der Waals surface area contributed by atoms with E-state index in [0.717, 1.165) is 60.9 Å². The summed E-state index contributed by atoms with van der Waals surface area (Å²) in [6, 6.07) is 78.6. The van der Waals surface area contributed by atoms with Crippen molar-refractivity contribution in [2.75, 3.05) is 0 Å². The molecule has 10 aromatic carbocycles. The summed E-state index contributed by atoms with van der Waals surface area (Å²) in [5.74, 6) is 0.700. The van der Waals surface area contributed by atoms with Crippen molar-refractivity contribution < 1.29 is 0 Å². The first kappa shape index (κ1) is 34.5. The molecule has 0 aliphatic rings. The van der Waals surface area contributed by atoms with Gasteiger partial charge in [0.05, 0.1) is 33.3 Å². The highest BCUT2D eigenvalue weighted by Crippen LogP contribution is 2.40. The molecule has 0 saturated heterocycles. The highest BCUT2D eigenvalue weighted by molar-refractivity contribution is 6.14. The van der Waals surface area contributed by atoms with Crippen molar-refractivity contribution in [3.63, 3.8) is 0 Å². The molecule has 4 nitrogen and oxygen atoms in total. The van der Waals surface area contributed by atoms with Crippen molar-refractivity contribution in [1.82, 2.24) is 19.1 Å². The predicted molar refractivity (Wildman–Crippen MR) is 260 cm³/mol. The number of rotatable bonds is 5. The summed E-state index contributed by atoms with van der Waals surface area (Å²) in [6.07, 6.45) is 0. The minimum Gasteiger partial charge on any atom is -0.309 e. The van der Waals surface area contributed by atoms with E-state index >= 15 is 0 Å². The number of para-hydroxylation sites is 3. The van der Waals surface area contributed by atoms with E-state index < -0.39 is 0 Å². The van der Waals surface area contributed by atoms with E-state index in [-0.39, 0.29) is 0 Å². The highest BCUT2D eigenvalue weighted by atomic mass is 15.0. The normalized spacial score (nSPS) is 11.9. The number of aromatic nitrogens is 4. The van der Waals surface area contributed by atoms with Gasteiger partial charge in [-0.25, -0.2) is 9.97 Å². The zero-order valence-electron chi connectivity index (χ0n) is 33.6. The Hall–Kier alpha value is -8.34. The molecule has 62 heavy (non-hydrogen) atoms. The summed E-state index contributed by atoms with van der Waals surface area (Å²) in [5.41, 5.74) is 13.3. The van der Waals surface area contributed by atoms with Crippen LogP contribution in [0.2, 0.25) is 0 Å². The Morgan fingerprint density at radius 2 is 0.823 bits per heavy atom. The molecular formula is C58H36N4. The number of hydrogen-bond donors (Lipinski definition) is 0. The smallest absolute Gasteiger partial charge is 0.160 e. The second kappa shape index (κ2) is 13.6. The van der Waals surface area contributed by atoms with E-state index in [1.807, 2.05) is 0 Å². The molecule has 0 atom stereocenters. The molecule has 3 aromatic heterocycles. The van der Waals surface area contributed by atoms with Crippen LogP contribution in [0.5, 0.6) is 0 Å². The summed E-state index contributed by atoms with van der Waals surface area (Å²) in [4.78, 5) is 10.8. The van der Waals surface area contributed by atoms with E-state index in [2.05, 4.69) is 228 Å². The average molecular weight is 789 g/mol. The lowest BCUT2D eigenvalue weighted by Gasteiger charge is -2.14. The van der Waals surface area contributed by atoms with Gasteiger partial charge in [0.2, 0.25) is 0 Å². The molecule has 0 aliphatic carbocycles. The van der Waals surface area contributed by atoms with Crippen LogP contribution in [0.1, 0.15) is 0 Å². The number of nitrogens with zero attached hydrogens (tertiary/aromatic N) is 4. The molecule has 0 unspecified atom stereocenters. The largest absolute Gasteiger partial charge is 0.309 e. The molecule has 13 rings (SSSR count). The van der Waals surface area contributed by atoms with Gasteiger partial charge in [-0.2, -0.15) is 0 Å². The van der Waals surface area contributed by atoms with Gasteiger partial charge in [-0.15, -0.1) is 0 Å². The maximum Gasteiger partial charge on any atom is 0.160 e. The molecule has 0 radical (unpaired) electrons. The zero-order valence-corrected chi connectivity index (χ0v) is 33.6. The molecule has 0 bridgehead atoms. The third kappa shape index (κ3) is 5.27. The van der Waals surface area contributed by atoms with Gasteiger partial charge in [0, 0.05) is 54.8 Å². The second-order valence-electron chi connectivity index (χ2n) is 16.2. The summed E-state index contributed by atoms with van der Waals surface area (Å²) in [6.45, 7) is 0. The predicted octanol–water partition coefficient (Wildman–Crippen LogP) is 15.1. The highest BCUT2D eigenvalue weighted by Gasteiger charge is 2.19. The SMILES string of the molecule is c1ccc(-n2c3ccccc3c3cc(-c4ccc5c(c4)c4ccccc4n5-c4cccc(-c5nc(-c6cccc7ccccc67)c6ccc7ccccc7c6n5)c4)ccc32)cc1. The lowest BCUT2D eigenvalue weighted by Crippen LogP contribution is -1.98. The van der Waals surface area contributed by atoms with Crippen molar-refractivity contribution in [3.8, 4) is 45.1 Å². The number of fused-ring (bicyclic) bond motifs is 10. The maximum atomic E-state index is 5.43. The summed E-state index contributed by atoms with van der Waals surface area (Å²) in [7, 11) is 0. The fraction of sp³-hybridized carbons (Fsp3) is 0. The fourth-order valence-electron chi connectivity index (χ4n) is 9.85. The van der Waals surface area contributed by atoms with Crippen LogP contribution < -0.4 is 0 Å². The Labute approximate surface area is 357 Å². The Morgan fingerprint density at radius 3 is 1.53 bits per heavy atom. The van der Waals surface area contributed by atoms with Crippen LogP contribution >= 0.6 is 0 Å². The topological polar surface area (TPSA) is 35.6 Å². The van der Waals surface area contributed by atoms with Gasteiger partial charge in [-0.05, 0) is 94.0 Å². The fourth-order valence-corrected chi connectivity index (χ4v) is 9.85. The van der Waals surface area contributed by atoms with Crippen LogP contribution in [-0.2, 0) is 0 Å². The van der Waals surface area contributed by atoms with Crippen LogP contribution in [0.25, 0.3) is 121 Å². The average Bonchev–Trinajstić information content (AvgIpc) is 3.86. The second-order valence-corrected chi connectivity index (χ2v) is 16.2. The maximum absolute atomic E-state index is 5.43. The van der Waals surface area contributed by atoms with Gasteiger partial charge in [-0.1, -0.05) is 152 Å². The minimum atomic E-state index is 0.700. The van der Waals surface area contributed by atoms with Crippen molar-refractivity contribution in [1.29, 1.82) is 0 Å². The van der Waals surface area contributed by atoms with Crippen LogP contribution in [0.4, 0.5) is 0 Å². The van der Waals surface area contributed by atoms with Crippen LogP contribution in [0.3, 0.4) is 0 Å². The molecule has 3 heterocycles. The zero-order chi connectivity index (χ0) is 40.7. The van der Waals surface area contributed by atoms with E-state index in [1.54, 1.807) is 0 Å². The Morgan fingerprint density at radius 1 is 0.290 bits per heavy atom. The molecule has 0 amide bonds. The van der Waals surface area contributed by atoms with Gasteiger partial charge in [-0.3, -0.25) is 0 Å². The monoisotopic (exact) mass is 788 g/mol. The lowest BCUT2D eigenvalue weighted by molar-refractivity contribution is 1.17. The minimum absolute atomic E-state index is 0.700. The van der Waals surface area contributed by atoms with Crippen molar-refractivity contribution in [3.05, 3.63) is 218 Å². The van der Waals surface area contributed by atoms with E-state index in [0.29, 0.717) is 5.82 Å². The number of benzene rings is 10. The molecule has 0 aliphatic heterocycles. The first-order valence-corrected chi connectivity index (χ1v) is 21.2. The Kier molecular flexibility index (Phi) is 7.57. The first-order chi connectivity index (χ1) is 30.7. The van der Waals surface area contributed by atoms with Crippen molar-refractivity contribution >= 4 is 76.1 Å². The molecule has 288 valence electrons. The van der Waals surface area contributed by atoms with Gasteiger partial charge in [0.1, 0.15) is 0 Å². The summed E-state index contributed by atoms with van der Waals surface area (Å²) < 4.78 is 4.76.